The number of azo groups is 1. The smallest absolute Gasteiger partial charge is 0.267 e. The van der Waals surface area contributed by atoms with Gasteiger partial charge in [0.25, 0.3) is 5.91 Å². The van der Waals surface area contributed by atoms with Gasteiger partial charge in [0.15, 0.2) is 11.5 Å². The third-order valence-electron chi connectivity index (χ3n) is 3.69. The highest BCUT2D eigenvalue weighted by molar-refractivity contribution is 8.00. The Balaban J connectivity index is 2.20. The highest BCUT2D eigenvalue weighted by Crippen LogP contribution is 2.45. The number of benzene rings is 1. The number of aromatic hydroxyl groups is 1. The van der Waals surface area contributed by atoms with Crippen LogP contribution >= 0.6 is 11.8 Å². The molecule has 0 aliphatic carbocycles. The lowest BCUT2D eigenvalue weighted by Gasteiger charge is -2.27. The molecule has 5 nitrogen and oxygen atoms in total. The number of aromatic nitrogens is 1. The highest BCUT2D eigenvalue weighted by atomic mass is 32.2. The largest absolute Gasteiger partial charge is 0.493 e. The van der Waals surface area contributed by atoms with E-state index in [-0.39, 0.29) is 34.4 Å². The third kappa shape index (κ3) is 2.71. The van der Waals surface area contributed by atoms with E-state index in [1.807, 2.05) is 0 Å². The van der Waals surface area contributed by atoms with Gasteiger partial charge in [0.1, 0.15) is 5.82 Å². The van der Waals surface area contributed by atoms with E-state index < -0.39 is 17.5 Å². The monoisotopic (exact) mass is 339 g/mol. The van der Waals surface area contributed by atoms with Crippen LogP contribution in [-0.4, -0.2) is 27.1 Å². The summed E-state index contributed by atoms with van der Waals surface area (Å²) in [6, 6.07) is 1.77. The van der Waals surface area contributed by atoms with E-state index in [9.17, 15) is 18.7 Å². The molecule has 3 rings (SSSR count). The first-order chi connectivity index (χ1) is 10.9. The third-order valence-corrected chi connectivity index (χ3v) is 4.93. The van der Waals surface area contributed by atoms with Crippen molar-refractivity contribution in [3.05, 3.63) is 23.8 Å². The summed E-state index contributed by atoms with van der Waals surface area (Å²) in [5.41, 5.74) is 0.00412. The Bertz CT molecular complexity index is 813. The summed E-state index contributed by atoms with van der Waals surface area (Å²) in [5, 5.41) is 17.8. The summed E-state index contributed by atoms with van der Waals surface area (Å²) in [7, 11) is 0. The maximum Gasteiger partial charge on any atom is 0.267 e. The van der Waals surface area contributed by atoms with E-state index in [0.717, 1.165) is 23.6 Å². The van der Waals surface area contributed by atoms with Crippen molar-refractivity contribution in [3.63, 3.8) is 0 Å². The predicted octanol–water partition coefficient (Wildman–Crippen LogP) is 4.18. The van der Waals surface area contributed by atoms with E-state index >= 15 is 0 Å². The fraction of sp³-hybridized carbons (Fsp3) is 0.400. The van der Waals surface area contributed by atoms with Crippen LogP contribution in [0, 0.1) is 17.6 Å². The first kappa shape index (κ1) is 15.9. The Morgan fingerprint density at radius 3 is 2.65 bits per heavy atom. The molecule has 1 amide bonds. The van der Waals surface area contributed by atoms with Crippen molar-refractivity contribution < 1.29 is 18.7 Å². The van der Waals surface area contributed by atoms with Crippen molar-refractivity contribution in [2.24, 2.45) is 16.1 Å². The number of carbonyl (C=O) groups is 1. The van der Waals surface area contributed by atoms with Crippen molar-refractivity contribution in [1.82, 2.24) is 4.57 Å². The Hall–Kier alpha value is -1.96. The van der Waals surface area contributed by atoms with Crippen molar-refractivity contribution in [1.29, 1.82) is 0 Å². The summed E-state index contributed by atoms with van der Waals surface area (Å²) in [6.45, 7) is 3.32. The second kappa shape index (κ2) is 5.92. The molecule has 1 aromatic carbocycles. The van der Waals surface area contributed by atoms with Gasteiger partial charge < -0.3 is 9.67 Å². The average molecular weight is 339 g/mol. The minimum atomic E-state index is -0.776. The van der Waals surface area contributed by atoms with Crippen LogP contribution in [0.2, 0.25) is 0 Å². The second-order valence-electron chi connectivity index (χ2n) is 5.71. The number of thioether (sulfide) groups is 1. The number of fused-ring (bicyclic) bond motifs is 1. The number of nitrogens with zero attached hydrogens (tertiary/aromatic N) is 3. The van der Waals surface area contributed by atoms with Crippen LogP contribution in [-0.2, 0) is 4.79 Å². The molecule has 0 unspecified atom stereocenters. The topological polar surface area (TPSA) is 66.9 Å². The van der Waals surface area contributed by atoms with E-state index in [4.69, 9.17) is 0 Å². The zero-order chi connectivity index (χ0) is 16.7. The quantitative estimate of drug-likeness (QED) is 0.853. The fourth-order valence-electron chi connectivity index (χ4n) is 2.37. The SMILES string of the molecule is CC(C)C(=O)N=Nc1c(O)n(C2CSC2)c2c(F)cc(F)cc12. The lowest BCUT2D eigenvalue weighted by Crippen LogP contribution is -2.22. The van der Waals surface area contributed by atoms with E-state index in [1.54, 1.807) is 25.6 Å². The Morgan fingerprint density at radius 2 is 2.09 bits per heavy atom. The zero-order valence-electron chi connectivity index (χ0n) is 12.6. The molecule has 23 heavy (non-hydrogen) atoms. The molecule has 0 atom stereocenters. The molecule has 0 spiro atoms. The summed E-state index contributed by atoms with van der Waals surface area (Å²) < 4.78 is 29.2. The van der Waals surface area contributed by atoms with Crippen molar-refractivity contribution in [2.75, 3.05) is 11.5 Å². The fourth-order valence-corrected chi connectivity index (χ4v) is 3.12. The lowest BCUT2D eigenvalue weighted by molar-refractivity contribution is -0.121. The summed E-state index contributed by atoms with van der Waals surface area (Å²) >= 11 is 1.66. The maximum atomic E-state index is 14.2. The molecular formula is C15H15F2N3O2S. The Labute approximate surface area is 135 Å². The van der Waals surface area contributed by atoms with E-state index in [0.29, 0.717) is 0 Å². The number of hydrogen-bond acceptors (Lipinski definition) is 4. The number of carbonyl (C=O) groups excluding carboxylic acids is 1. The zero-order valence-corrected chi connectivity index (χ0v) is 13.4. The first-order valence-electron chi connectivity index (χ1n) is 7.15. The minimum Gasteiger partial charge on any atom is -0.493 e. The molecule has 1 fully saturated rings. The Morgan fingerprint density at radius 1 is 1.39 bits per heavy atom. The van der Waals surface area contributed by atoms with Crippen LogP contribution < -0.4 is 0 Å². The van der Waals surface area contributed by atoms with Gasteiger partial charge in [-0.2, -0.15) is 11.8 Å². The van der Waals surface area contributed by atoms with Gasteiger partial charge in [-0.1, -0.05) is 13.8 Å². The average Bonchev–Trinajstić information content (AvgIpc) is 2.67. The van der Waals surface area contributed by atoms with Gasteiger partial charge in [-0.3, -0.25) is 4.79 Å². The van der Waals surface area contributed by atoms with Gasteiger partial charge in [0.2, 0.25) is 5.88 Å². The van der Waals surface area contributed by atoms with Gasteiger partial charge in [-0.15, -0.1) is 10.2 Å². The summed E-state index contributed by atoms with van der Waals surface area (Å²) in [4.78, 5) is 11.6. The standard InChI is InChI=1S/C15H15F2N3O2S/c1-7(2)14(21)19-18-12-10-3-8(16)4-11(17)13(10)20(15(12)22)9-5-23-6-9/h3-4,7,9,22H,5-6H2,1-2H3. The molecular weight excluding hydrogens is 324 g/mol. The second-order valence-corrected chi connectivity index (χ2v) is 6.79. The molecule has 2 heterocycles. The summed E-state index contributed by atoms with van der Waals surface area (Å²) in [6.07, 6.45) is 0. The van der Waals surface area contributed by atoms with Crippen LogP contribution in [0.4, 0.5) is 14.5 Å². The van der Waals surface area contributed by atoms with Crippen LogP contribution in [0.5, 0.6) is 5.88 Å². The van der Waals surface area contributed by atoms with Crippen molar-refractivity contribution in [2.45, 2.75) is 19.9 Å². The molecule has 1 aromatic heterocycles. The molecule has 0 bridgehead atoms. The van der Waals surface area contributed by atoms with Crippen molar-refractivity contribution >= 4 is 34.3 Å². The van der Waals surface area contributed by atoms with Gasteiger partial charge >= 0.3 is 0 Å². The number of hydrogen-bond donors (Lipinski definition) is 1. The maximum absolute atomic E-state index is 14.2. The predicted molar refractivity (Wildman–Crippen MR) is 84.2 cm³/mol. The molecule has 1 N–H and O–H groups in total. The van der Waals surface area contributed by atoms with Gasteiger partial charge in [0, 0.05) is 28.9 Å². The number of rotatable bonds is 3. The number of halogens is 2. The van der Waals surface area contributed by atoms with E-state index in [1.165, 1.54) is 4.57 Å². The molecule has 2 aromatic rings. The van der Waals surface area contributed by atoms with Crippen LogP contribution in [0.3, 0.4) is 0 Å². The molecule has 1 aliphatic heterocycles. The van der Waals surface area contributed by atoms with Gasteiger partial charge in [-0.25, -0.2) is 8.78 Å². The van der Waals surface area contributed by atoms with E-state index in [2.05, 4.69) is 10.2 Å². The minimum absolute atomic E-state index is 0.0794. The molecule has 1 saturated heterocycles. The van der Waals surface area contributed by atoms with Crippen LogP contribution in [0.1, 0.15) is 19.9 Å². The van der Waals surface area contributed by atoms with Gasteiger partial charge in [0.05, 0.1) is 11.6 Å². The molecule has 8 heteroatoms. The first-order valence-corrected chi connectivity index (χ1v) is 8.30. The lowest BCUT2D eigenvalue weighted by atomic mass is 10.2. The molecule has 0 radical (unpaired) electrons. The molecule has 0 saturated carbocycles. The Kier molecular flexibility index (Phi) is 4.09. The normalized spacial score (nSPS) is 15.7. The van der Waals surface area contributed by atoms with Crippen LogP contribution in [0.25, 0.3) is 10.9 Å². The molecule has 122 valence electrons. The summed E-state index contributed by atoms with van der Waals surface area (Å²) in [5.74, 6) is -1.24. The van der Waals surface area contributed by atoms with Crippen molar-refractivity contribution in [3.8, 4) is 5.88 Å². The number of amides is 1. The van der Waals surface area contributed by atoms with Gasteiger partial charge in [-0.05, 0) is 6.07 Å². The molecule has 1 aliphatic rings. The van der Waals surface area contributed by atoms with Crippen LogP contribution in [0.15, 0.2) is 22.4 Å². The highest BCUT2D eigenvalue weighted by Gasteiger charge is 2.29.